The van der Waals surface area contributed by atoms with E-state index in [1.165, 1.54) is 27.8 Å². The van der Waals surface area contributed by atoms with Crippen LogP contribution >= 0.6 is 11.3 Å². The molecule has 5 rings (SSSR count). The molecular weight excluding hydrogens is 473 g/mol. The van der Waals surface area contributed by atoms with E-state index in [4.69, 9.17) is 0 Å². The molecule has 6 nitrogen and oxygen atoms in total. The molecule has 0 unspecified atom stereocenters. The number of hydrogen-bond acceptors (Lipinski definition) is 5. The minimum atomic E-state index is -3.71. The van der Waals surface area contributed by atoms with Gasteiger partial charge in [-0.2, -0.15) is 4.31 Å². The van der Waals surface area contributed by atoms with Crippen molar-refractivity contribution >= 4 is 43.2 Å². The fourth-order valence-electron chi connectivity index (χ4n) is 4.13. The smallest absolute Gasteiger partial charge is 0.243 e. The molecule has 1 amide bonds. The van der Waals surface area contributed by atoms with Crippen LogP contribution in [0.3, 0.4) is 0 Å². The van der Waals surface area contributed by atoms with Crippen molar-refractivity contribution in [3.8, 4) is 11.3 Å². The molecule has 1 aliphatic rings. The number of nitrogens with one attached hydrogen (secondary N) is 1. The van der Waals surface area contributed by atoms with Gasteiger partial charge >= 0.3 is 0 Å². The van der Waals surface area contributed by atoms with E-state index < -0.39 is 15.8 Å². The summed E-state index contributed by atoms with van der Waals surface area (Å²) >= 11 is 1.37. The third-order valence-corrected chi connectivity index (χ3v) is 8.73. The fraction of sp³-hybridized carbons (Fsp3) is 0.200. The Bertz CT molecular complexity index is 1440. The number of rotatable bonds is 5. The van der Waals surface area contributed by atoms with E-state index in [0.717, 1.165) is 34.2 Å². The average Bonchev–Trinajstić information content (AvgIpc) is 3.32. The Morgan fingerprint density at radius 2 is 1.71 bits per heavy atom. The number of carbonyl (C=O) groups is 1. The van der Waals surface area contributed by atoms with Crippen molar-refractivity contribution in [3.05, 3.63) is 77.9 Å². The number of sulfonamides is 1. The number of carbonyl (C=O) groups excluding carboxylic acids is 1. The molecule has 174 valence electrons. The summed E-state index contributed by atoms with van der Waals surface area (Å²) in [6.45, 7) is 0.468. The first-order valence-electron chi connectivity index (χ1n) is 10.9. The summed E-state index contributed by atoms with van der Waals surface area (Å²) in [6, 6.07) is 19.0. The zero-order valence-electron chi connectivity index (χ0n) is 18.1. The summed E-state index contributed by atoms with van der Waals surface area (Å²) in [6.07, 6.45) is 0.824. The van der Waals surface area contributed by atoms with Crippen LogP contribution in [0.5, 0.6) is 0 Å². The van der Waals surface area contributed by atoms with Gasteiger partial charge in [0.15, 0.2) is 5.13 Å². The summed E-state index contributed by atoms with van der Waals surface area (Å²) < 4.78 is 40.1. The second-order valence-electron chi connectivity index (χ2n) is 8.22. The normalized spacial score (nSPS) is 15.4. The zero-order valence-corrected chi connectivity index (χ0v) is 19.8. The summed E-state index contributed by atoms with van der Waals surface area (Å²) in [7, 11) is -3.71. The molecule has 0 atom stereocenters. The van der Waals surface area contributed by atoms with Crippen LogP contribution in [0.4, 0.5) is 9.52 Å². The number of benzene rings is 3. The third-order valence-electron chi connectivity index (χ3n) is 6.06. The first-order valence-corrected chi connectivity index (χ1v) is 13.2. The topological polar surface area (TPSA) is 79.4 Å². The number of amides is 1. The summed E-state index contributed by atoms with van der Waals surface area (Å²) in [4.78, 5) is 17.4. The number of piperidine rings is 1. The van der Waals surface area contributed by atoms with E-state index in [1.54, 1.807) is 0 Å². The van der Waals surface area contributed by atoms with E-state index >= 15 is 0 Å². The lowest BCUT2D eigenvalue weighted by Gasteiger charge is -2.30. The van der Waals surface area contributed by atoms with Crippen molar-refractivity contribution in [1.82, 2.24) is 9.29 Å². The highest BCUT2D eigenvalue weighted by molar-refractivity contribution is 7.89. The Kier molecular flexibility index (Phi) is 6.16. The predicted molar refractivity (Wildman–Crippen MR) is 132 cm³/mol. The highest BCUT2D eigenvalue weighted by Gasteiger charge is 2.32. The van der Waals surface area contributed by atoms with E-state index in [-0.39, 0.29) is 29.8 Å². The quantitative estimate of drug-likeness (QED) is 0.416. The van der Waals surface area contributed by atoms with Crippen LogP contribution in [0.1, 0.15) is 12.8 Å². The van der Waals surface area contributed by atoms with Gasteiger partial charge in [0.2, 0.25) is 15.9 Å². The van der Waals surface area contributed by atoms with Gasteiger partial charge < -0.3 is 5.32 Å². The van der Waals surface area contributed by atoms with Crippen LogP contribution in [0.25, 0.3) is 22.0 Å². The molecule has 2 heterocycles. The lowest BCUT2D eigenvalue weighted by molar-refractivity contribution is -0.120. The molecule has 34 heavy (non-hydrogen) atoms. The Balaban J connectivity index is 1.21. The van der Waals surface area contributed by atoms with E-state index in [1.807, 2.05) is 23.6 Å². The molecule has 1 fully saturated rings. The lowest BCUT2D eigenvalue weighted by atomic mass is 9.97. The maximum Gasteiger partial charge on any atom is 0.243 e. The van der Waals surface area contributed by atoms with Gasteiger partial charge in [-0.15, -0.1) is 11.3 Å². The molecule has 9 heteroatoms. The Labute approximate surface area is 201 Å². The molecule has 1 N–H and O–H groups in total. The first-order chi connectivity index (χ1) is 16.4. The standard InChI is InChI=1S/C25H22FN3O3S2/c26-21-7-9-22(10-8-21)34(31,32)29-13-11-18(12-14-29)24(30)28-25-27-23(16-33-25)20-6-5-17-3-1-2-4-19(17)15-20/h1-10,15-16,18H,11-14H2,(H,27,28,30). The summed E-state index contributed by atoms with van der Waals surface area (Å²) in [5.41, 5.74) is 1.78. The molecule has 0 bridgehead atoms. The van der Waals surface area contributed by atoms with Gasteiger partial charge in [0.25, 0.3) is 0 Å². The zero-order chi connectivity index (χ0) is 23.7. The van der Waals surface area contributed by atoms with Crippen molar-refractivity contribution in [2.75, 3.05) is 18.4 Å². The Morgan fingerprint density at radius 1 is 1.00 bits per heavy atom. The van der Waals surface area contributed by atoms with Crippen molar-refractivity contribution in [3.63, 3.8) is 0 Å². The highest BCUT2D eigenvalue weighted by Crippen LogP contribution is 2.29. The summed E-state index contributed by atoms with van der Waals surface area (Å²) in [5, 5.41) is 7.61. The van der Waals surface area contributed by atoms with Gasteiger partial charge in [0.1, 0.15) is 5.82 Å². The van der Waals surface area contributed by atoms with Crippen LogP contribution < -0.4 is 5.32 Å². The number of aromatic nitrogens is 1. The van der Waals surface area contributed by atoms with Crippen LogP contribution in [0.15, 0.2) is 77.0 Å². The number of hydrogen-bond donors (Lipinski definition) is 1. The Hall–Kier alpha value is -3.14. The van der Waals surface area contributed by atoms with Crippen LogP contribution in [-0.2, 0) is 14.8 Å². The van der Waals surface area contributed by atoms with Crippen LogP contribution in [0.2, 0.25) is 0 Å². The molecule has 3 aromatic carbocycles. The largest absolute Gasteiger partial charge is 0.302 e. The van der Waals surface area contributed by atoms with Crippen LogP contribution in [0, 0.1) is 11.7 Å². The minimum absolute atomic E-state index is 0.0563. The van der Waals surface area contributed by atoms with Gasteiger partial charge in [-0.25, -0.2) is 17.8 Å². The molecule has 0 saturated carbocycles. The molecule has 1 aliphatic heterocycles. The molecular formula is C25H22FN3O3S2. The van der Waals surface area contributed by atoms with Gasteiger partial charge in [0, 0.05) is 30.0 Å². The molecule has 4 aromatic rings. The maximum atomic E-state index is 13.1. The number of thiazole rings is 1. The molecule has 1 aromatic heterocycles. The van der Waals surface area contributed by atoms with Crippen molar-refractivity contribution in [2.45, 2.75) is 17.7 Å². The van der Waals surface area contributed by atoms with Crippen LogP contribution in [-0.4, -0.2) is 36.7 Å². The maximum absolute atomic E-state index is 13.1. The minimum Gasteiger partial charge on any atom is -0.302 e. The van der Waals surface area contributed by atoms with Crippen molar-refractivity contribution in [1.29, 1.82) is 0 Å². The van der Waals surface area contributed by atoms with Crippen molar-refractivity contribution in [2.24, 2.45) is 5.92 Å². The molecule has 0 spiro atoms. The number of halogens is 1. The number of nitrogens with zero attached hydrogens (tertiary/aromatic N) is 2. The molecule has 1 saturated heterocycles. The van der Waals surface area contributed by atoms with Gasteiger partial charge in [0.05, 0.1) is 10.6 Å². The van der Waals surface area contributed by atoms with E-state index in [9.17, 15) is 17.6 Å². The van der Waals surface area contributed by atoms with Gasteiger partial charge in [-0.1, -0.05) is 36.4 Å². The second kappa shape index (κ2) is 9.25. The van der Waals surface area contributed by atoms with Crippen molar-refractivity contribution < 1.29 is 17.6 Å². The number of anilines is 1. The highest BCUT2D eigenvalue weighted by atomic mass is 32.2. The third kappa shape index (κ3) is 4.59. The predicted octanol–water partition coefficient (Wildman–Crippen LogP) is 5.14. The van der Waals surface area contributed by atoms with E-state index in [2.05, 4.69) is 34.6 Å². The number of fused-ring (bicyclic) bond motifs is 1. The summed E-state index contributed by atoms with van der Waals surface area (Å²) in [5.74, 6) is -0.939. The van der Waals surface area contributed by atoms with Gasteiger partial charge in [-0.3, -0.25) is 4.79 Å². The first kappa shape index (κ1) is 22.6. The second-order valence-corrected chi connectivity index (χ2v) is 11.0. The van der Waals surface area contributed by atoms with E-state index in [0.29, 0.717) is 18.0 Å². The SMILES string of the molecule is O=C(Nc1nc(-c2ccc3ccccc3c2)cs1)C1CCN(S(=O)(=O)c2ccc(F)cc2)CC1. The lowest BCUT2D eigenvalue weighted by Crippen LogP contribution is -2.41. The average molecular weight is 496 g/mol. The van der Waals surface area contributed by atoms with Gasteiger partial charge in [-0.05, 0) is 53.9 Å². The Morgan fingerprint density at radius 3 is 2.44 bits per heavy atom. The fourth-order valence-corrected chi connectivity index (χ4v) is 6.33. The molecule has 0 radical (unpaired) electrons. The molecule has 0 aliphatic carbocycles. The monoisotopic (exact) mass is 495 g/mol.